The van der Waals surface area contributed by atoms with Gasteiger partial charge in [-0.1, -0.05) is 6.07 Å². The Labute approximate surface area is 187 Å². The number of carbonyl (C=O) groups excluding carboxylic acids is 2. The Morgan fingerprint density at radius 1 is 1.12 bits per heavy atom. The Balaban J connectivity index is 1.60. The molecule has 2 amide bonds. The maximum Gasteiger partial charge on any atom is 0.276 e. The Hall–Kier alpha value is -3.92. The highest BCUT2D eigenvalue weighted by Gasteiger charge is 2.20. The zero-order valence-electron chi connectivity index (χ0n) is 17.5. The van der Waals surface area contributed by atoms with Gasteiger partial charge in [0.1, 0.15) is 17.2 Å². The number of anilines is 1. The summed E-state index contributed by atoms with van der Waals surface area (Å²) in [6.45, 7) is 1.73. The Kier molecular flexibility index (Phi) is 5.78. The highest BCUT2D eigenvalue weighted by atomic mass is 32.1. The Morgan fingerprint density at radius 3 is 2.62 bits per heavy atom. The fourth-order valence-corrected chi connectivity index (χ4v) is 3.73. The first kappa shape index (κ1) is 21.3. The summed E-state index contributed by atoms with van der Waals surface area (Å²) in [5.74, 6) is -1.59. The number of nitrogens with one attached hydrogen (secondary N) is 1. The number of nitrogens with zero attached hydrogens (tertiary/aromatic N) is 5. The second kappa shape index (κ2) is 8.67. The van der Waals surface area contributed by atoms with E-state index in [4.69, 9.17) is 0 Å². The number of hydrogen-bond donors (Lipinski definition) is 1. The number of halogens is 1. The lowest BCUT2D eigenvalue weighted by Gasteiger charge is -2.12. The molecule has 3 aromatic heterocycles. The first-order valence-corrected chi connectivity index (χ1v) is 10.5. The number of pyridine rings is 1. The fourth-order valence-electron chi connectivity index (χ4n) is 3.03. The summed E-state index contributed by atoms with van der Waals surface area (Å²) < 4.78 is 15.9. The van der Waals surface area contributed by atoms with Gasteiger partial charge in [0.25, 0.3) is 11.8 Å². The van der Waals surface area contributed by atoms with E-state index < -0.39 is 17.6 Å². The van der Waals surface area contributed by atoms with Crippen molar-refractivity contribution >= 4 is 28.3 Å². The van der Waals surface area contributed by atoms with Crippen LogP contribution in [-0.2, 0) is 0 Å². The summed E-state index contributed by atoms with van der Waals surface area (Å²) in [4.78, 5) is 35.0. The van der Waals surface area contributed by atoms with Crippen LogP contribution in [0.1, 0.15) is 26.5 Å². The van der Waals surface area contributed by atoms with Gasteiger partial charge < -0.3 is 4.90 Å². The predicted molar refractivity (Wildman–Crippen MR) is 120 cm³/mol. The highest BCUT2D eigenvalue weighted by Crippen LogP contribution is 2.24. The summed E-state index contributed by atoms with van der Waals surface area (Å²) in [7, 11) is 3.10. The van der Waals surface area contributed by atoms with Crippen LogP contribution >= 0.6 is 11.3 Å². The molecule has 8 nitrogen and oxygen atoms in total. The number of aryl methyl sites for hydroxylation is 1. The first-order chi connectivity index (χ1) is 15.3. The number of hydrogen-bond acceptors (Lipinski definition) is 6. The number of amides is 2. The van der Waals surface area contributed by atoms with Gasteiger partial charge in [-0.05, 0) is 37.3 Å². The van der Waals surface area contributed by atoms with E-state index in [-0.39, 0.29) is 11.3 Å². The van der Waals surface area contributed by atoms with Crippen molar-refractivity contribution in [1.29, 1.82) is 0 Å². The third-order valence-electron chi connectivity index (χ3n) is 4.55. The van der Waals surface area contributed by atoms with Crippen molar-refractivity contribution in [2.45, 2.75) is 6.92 Å². The third kappa shape index (κ3) is 4.26. The van der Waals surface area contributed by atoms with Gasteiger partial charge in [-0.15, -0.1) is 11.3 Å². The molecule has 0 bridgehead atoms. The minimum absolute atomic E-state index is 0.0570. The third-order valence-corrected chi connectivity index (χ3v) is 5.31. The predicted octanol–water partition coefficient (Wildman–Crippen LogP) is 3.79. The molecule has 0 fully saturated rings. The molecule has 4 rings (SSSR count). The molecular weight excluding hydrogens is 431 g/mol. The van der Waals surface area contributed by atoms with Crippen LogP contribution in [0, 0.1) is 12.7 Å². The van der Waals surface area contributed by atoms with E-state index in [1.165, 1.54) is 33.1 Å². The second-order valence-electron chi connectivity index (χ2n) is 7.15. The van der Waals surface area contributed by atoms with Gasteiger partial charge in [-0.25, -0.2) is 14.1 Å². The summed E-state index contributed by atoms with van der Waals surface area (Å²) in [5, 5.41) is 9.27. The zero-order valence-corrected chi connectivity index (χ0v) is 18.4. The zero-order chi connectivity index (χ0) is 22.8. The molecule has 0 saturated heterocycles. The van der Waals surface area contributed by atoms with E-state index in [0.717, 1.165) is 0 Å². The van der Waals surface area contributed by atoms with Crippen LogP contribution < -0.4 is 5.32 Å². The number of aromatic nitrogens is 4. The number of rotatable bonds is 5. The minimum Gasteiger partial charge on any atom is -0.345 e. The lowest BCUT2D eigenvalue weighted by molar-refractivity contribution is 0.0822. The molecular formula is C22H19FN6O2S. The van der Waals surface area contributed by atoms with Crippen molar-refractivity contribution in [2.24, 2.45) is 0 Å². The van der Waals surface area contributed by atoms with Crippen LogP contribution in [0.5, 0.6) is 0 Å². The van der Waals surface area contributed by atoms with Crippen LogP contribution in [-0.4, -0.2) is 50.6 Å². The molecule has 162 valence electrons. The van der Waals surface area contributed by atoms with Gasteiger partial charge in [-0.2, -0.15) is 5.10 Å². The molecule has 32 heavy (non-hydrogen) atoms. The molecule has 0 atom stereocenters. The Morgan fingerprint density at radius 2 is 1.94 bits per heavy atom. The van der Waals surface area contributed by atoms with Crippen molar-refractivity contribution in [1.82, 2.24) is 24.6 Å². The quantitative estimate of drug-likeness (QED) is 0.499. The molecule has 3 heterocycles. The van der Waals surface area contributed by atoms with E-state index in [9.17, 15) is 14.0 Å². The van der Waals surface area contributed by atoms with Gasteiger partial charge in [0.2, 0.25) is 0 Å². The first-order valence-electron chi connectivity index (χ1n) is 9.60. The summed E-state index contributed by atoms with van der Waals surface area (Å²) in [6, 6.07) is 11.2. The lowest BCUT2D eigenvalue weighted by atomic mass is 10.1. The van der Waals surface area contributed by atoms with E-state index >= 15 is 0 Å². The number of carbonyl (C=O) groups is 2. The average Bonchev–Trinajstić information content (AvgIpc) is 3.40. The van der Waals surface area contributed by atoms with Crippen molar-refractivity contribution in [3.05, 3.63) is 76.8 Å². The molecule has 0 aliphatic heterocycles. The van der Waals surface area contributed by atoms with Crippen LogP contribution in [0.3, 0.4) is 0 Å². The fraction of sp³-hybridized carbons (Fsp3) is 0.136. The smallest absolute Gasteiger partial charge is 0.276 e. The highest BCUT2D eigenvalue weighted by molar-refractivity contribution is 7.14. The molecule has 0 saturated carbocycles. The molecule has 10 heteroatoms. The van der Waals surface area contributed by atoms with E-state index in [2.05, 4.69) is 20.4 Å². The van der Waals surface area contributed by atoms with Gasteiger partial charge in [0.05, 0.1) is 22.6 Å². The maximum absolute atomic E-state index is 14.6. The molecule has 1 aromatic carbocycles. The van der Waals surface area contributed by atoms with E-state index in [1.807, 2.05) is 18.2 Å². The Bertz CT molecular complexity index is 1300. The molecule has 0 spiro atoms. The maximum atomic E-state index is 14.6. The van der Waals surface area contributed by atoms with Crippen molar-refractivity contribution < 1.29 is 14.0 Å². The summed E-state index contributed by atoms with van der Waals surface area (Å²) in [6.07, 6.45) is 1.67. The number of thiazole rings is 1. The van der Waals surface area contributed by atoms with E-state index in [0.29, 0.717) is 27.9 Å². The topological polar surface area (TPSA) is 93.0 Å². The molecule has 0 radical (unpaired) electrons. The largest absolute Gasteiger partial charge is 0.345 e. The van der Waals surface area contributed by atoms with Crippen molar-refractivity contribution in [3.8, 4) is 17.1 Å². The normalized spacial score (nSPS) is 10.8. The minimum atomic E-state index is -0.694. The lowest BCUT2D eigenvalue weighted by Crippen LogP contribution is -2.23. The van der Waals surface area contributed by atoms with Crippen LogP contribution in [0.25, 0.3) is 17.1 Å². The standard InChI is InChI=1S/C22H19FN6O2S/c1-13-10-19(20(30)26-22-25-18(12-32-22)17-6-4-5-9-24-17)29(27-13)14-7-8-15(16(23)11-14)21(31)28(2)3/h4-12H,1-3H3,(H,25,26,30). The van der Waals surface area contributed by atoms with Crippen LogP contribution in [0.2, 0.25) is 0 Å². The molecule has 4 aromatic rings. The molecule has 0 unspecified atom stereocenters. The van der Waals surface area contributed by atoms with Gasteiger partial charge >= 0.3 is 0 Å². The van der Waals surface area contributed by atoms with Crippen LogP contribution in [0.15, 0.2) is 54.0 Å². The van der Waals surface area contributed by atoms with Gasteiger partial charge in [0.15, 0.2) is 5.13 Å². The summed E-state index contributed by atoms with van der Waals surface area (Å²) >= 11 is 1.27. The van der Waals surface area contributed by atoms with Gasteiger partial charge in [-0.3, -0.25) is 19.9 Å². The summed E-state index contributed by atoms with van der Waals surface area (Å²) in [5.41, 5.74) is 2.41. The van der Waals surface area contributed by atoms with Crippen molar-refractivity contribution in [2.75, 3.05) is 19.4 Å². The number of benzene rings is 1. The molecule has 0 aliphatic rings. The molecule has 1 N–H and O–H groups in total. The average molecular weight is 450 g/mol. The van der Waals surface area contributed by atoms with Crippen LogP contribution in [0.4, 0.5) is 9.52 Å². The SMILES string of the molecule is Cc1cc(C(=O)Nc2nc(-c3ccccn3)cs2)n(-c2ccc(C(=O)N(C)C)c(F)c2)n1. The monoisotopic (exact) mass is 450 g/mol. The second-order valence-corrected chi connectivity index (χ2v) is 8.01. The molecule has 0 aliphatic carbocycles. The van der Waals surface area contributed by atoms with E-state index in [1.54, 1.807) is 44.7 Å². The van der Waals surface area contributed by atoms with Gasteiger partial charge in [0, 0.05) is 31.7 Å². The van der Waals surface area contributed by atoms with Crippen molar-refractivity contribution in [3.63, 3.8) is 0 Å².